The van der Waals surface area contributed by atoms with Gasteiger partial charge in [0.15, 0.2) is 11.1 Å². The minimum absolute atomic E-state index is 0.0184. The molecule has 2 rings (SSSR count). The number of nitrogens with zero attached hydrogens (tertiary/aromatic N) is 3. The maximum absolute atomic E-state index is 4.74. The van der Waals surface area contributed by atoms with E-state index in [1.807, 2.05) is 0 Å². The molecule has 0 aromatic carbocycles. The molecule has 0 atom stereocenters. The minimum Gasteiger partial charge on any atom is -0.357 e. The molecule has 0 unspecified atom stereocenters. The summed E-state index contributed by atoms with van der Waals surface area (Å²) in [4.78, 5) is 11.8. The van der Waals surface area contributed by atoms with Crippen LogP contribution in [0.1, 0.15) is 46.2 Å². The fraction of sp³-hybridized carbons (Fsp3) is 0.750. The molecule has 0 bridgehead atoms. The van der Waals surface area contributed by atoms with E-state index in [1.54, 1.807) is 11.3 Å². The zero-order valence-corrected chi connectivity index (χ0v) is 15.1. The molecule has 22 heavy (non-hydrogen) atoms. The van der Waals surface area contributed by atoms with Crippen LogP contribution in [0.25, 0.3) is 0 Å². The van der Waals surface area contributed by atoms with E-state index in [4.69, 9.17) is 4.98 Å². The number of hydrogen-bond acceptors (Lipinski definition) is 4. The van der Waals surface area contributed by atoms with Gasteiger partial charge in [-0.05, 0) is 40.5 Å². The lowest BCUT2D eigenvalue weighted by atomic mass is 10.1. The second-order valence-electron chi connectivity index (χ2n) is 6.70. The molecular weight excluding hydrogens is 294 g/mol. The van der Waals surface area contributed by atoms with Gasteiger partial charge >= 0.3 is 0 Å². The Labute approximate surface area is 138 Å². The summed E-state index contributed by atoms with van der Waals surface area (Å²) in [7, 11) is 0. The Bertz CT molecular complexity index is 483. The highest BCUT2D eigenvalue weighted by molar-refractivity contribution is 7.13. The van der Waals surface area contributed by atoms with E-state index >= 15 is 0 Å². The Morgan fingerprint density at radius 1 is 1.36 bits per heavy atom. The Morgan fingerprint density at radius 3 is 2.73 bits per heavy atom. The monoisotopic (exact) mass is 323 g/mol. The van der Waals surface area contributed by atoms with Crippen molar-refractivity contribution in [2.24, 2.45) is 4.99 Å². The molecule has 1 aromatic heterocycles. The number of anilines is 1. The number of rotatable bonds is 5. The molecule has 2 heterocycles. The van der Waals surface area contributed by atoms with Gasteiger partial charge in [0.05, 0.1) is 5.69 Å². The Kier molecular flexibility index (Phi) is 6.06. The van der Waals surface area contributed by atoms with Crippen molar-refractivity contribution in [3.63, 3.8) is 0 Å². The van der Waals surface area contributed by atoms with Crippen LogP contribution in [0, 0.1) is 0 Å². The standard InChI is InChI=1S/C16H29N5S/c1-5-17-14(20-16(2,3)4)18-9-8-13-12-22-15(19-13)21-10-6-7-11-21/h12H,5-11H2,1-4H3,(H2,17,18,20). The number of nitrogens with one attached hydrogen (secondary N) is 2. The summed E-state index contributed by atoms with van der Waals surface area (Å²) in [6, 6.07) is 0. The average molecular weight is 324 g/mol. The maximum Gasteiger partial charge on any atom is 0.191 e. The van der Waals surface area contributed by atoms with E-state index in [2.05, 4.69) is 53.6 Å². The molecule has 124 valence electrons. The lowest BCUT2D eigenvalue weighted by Crippen LogP contribution is -2.47. The van der Waals surface area contributed by atoms with Crippen LogP contribution in [0.4, 0.5) is 5.13 Å². The molecule has 0 saturated carbocycles. The molecule has 0 spiro atoms. The van der Waals surface area contributed by atoms with Gasteiger partial charge in [-0.25, -0.2) is 4.98 Å². The SMILES string of the molecule is CCNC(=NCCc1csc(N2CCCC2)n1)NC(C)(C)C. The van der Waals surface area contributed by atoms with Crippen molar-refractivity contribution < 1.29 is 0 Å². The van der Waals surface area contributed by atoms with E-state index < -0.39 is 0 Å². The maximum atomic E-state index is 4.74. The van der Waals surface area contributed by atoms with Gasteiger partial charge in [-0.3, -0.25) is 4.99 Å². The predicted molar refractivity (Wildman–Crippen MR) is 96.1 cm³/mol. The first-order valence-corrected chi connectivity index (χ1v) is 9.12. The van der Waals surface area contributed by atoms with Gasteiger partial charge in [-0.1, -0.05) is 0 Å². The molecule has 1 fully saturated rings. The average Bonchev–Trinajstić information content (AvgIpc) is 3.07. The summed E-state index contributed by atoms with van der Waals surface area (Å²) in [5.74, 6) is 0.880. The first-order valence-electron chi connectivity index (χ1n) is 8.24. The van der Waals surface area contributed by atoms with Crippen molar-refractivity contribution in [3.05, 3.63) is 11.1 Å². The largest absolute Gasteiger partial charge is 0.357 e. The van der Waals surface area contributed by atoms with Crippen LogP contribution in [0.3, 0.4) is 0 Å². The third kappa shape index (κ3) is 5.48. The van der Waals surface area contributed by atoms with Crippen LogP contribution >= 0.6 is 11.3 Å². The Hall–Kier alpha value is -1.30. The van der Waals surface area contributed by atoms with Crippen LogP contribution < -0.4 is 15.5 Å². The number of hydrogen-bond donors (Lipinski definition) is 2. The van der Waals surface area contributed by atoms with E-state index in [0.29, 0.717) is 0 Å². The molecule has 1 aliphatic rings. The topological polar surface area (TPSA) is 52.6 Å². The summed E-state index contributed by atoms with van der Waals surface area (Å²) >= 11 is 1.76. The van der Waals surface area contributed by atoms with E-state index in [0.717, 1.165) is 44.3 Å². The Morgan fingerprint density at radius 2 is 2.09 bits per heavy atom. The number of guanidine groups is 1. The first-order chi connectivity index (χ1) is 10.5. The van der Waals surface area contributed by atoms with Crippen LogP contribution in [0.5, 0.6) is 0 Å². The first kappa shape index (κ1) is 17.1. The molecule has 6 heteroatoms. The lowest BCUT2D eigenvalue weighted by Gasteiger charge is -2.23. The van der Waals surface area contributed by atoms with Gasteiger partial charge in [0.1, 0.15) is 0 Å². The normalized spacial score (nSPS) is 16.2. The number of aromatic nitrogens is 1. The van der Waals surface area contributed by atoms with Gasteiger partial charge < -0.3 is 15.5 Å². The highest BCUT2D eigenvalue weighted by Gasteiger charge is 2.15. The van der Waals surface area contributed by atoms with Gasteiger partial charge in [-0.15, -0.1) is 11.3 Å². The minimum atomic E-state index is 0.0184. The summed E-state index contributed by atoms with van der Waals surface area (Å²) < 4.78 is 0. The number of aliphatic imine (C=N–C) groups is 1. The summed E-state index contributed by atoms with van der Waals surface area (Å²) in [5, 5.41) is 10.0. The van der Waals surface area contributed by atoms with Crippen LogP contribution in [-0.4, -0.2) is 42.7 Å². The fourth-order valence-corrected chi connectivity index (χ4v) is 3.32. The third-order valence-electron chi connectivity index (χ3n) is 3.39. The second-order valence-corrected chi connectivity index (χ2v) is 7.54. The van der Waals surface area contributed by atoms with Crippen molar-refractivity contribution in [2.45, 2.75) is 52.5 Å². The lowest BCUT2D eigenvalue weighted by molar-refractivity contribution is 0.501. The highest BCUT2D eigenvalue weighted by Crippen LogP contribution is 2.24. The quantitative estimate of drug-likeness (QED) is 0.646. The molecule has 0 amide bonds. The van der Waals surface area contributed by atoms with Gasteiger partial charge in [-0.2, -0.15) is 0 Å². The molecule has 1 saturated heterocycles. The van der Waals surface area contributed by atoms with Crippen LogP contribution in [0.15, 0.2) is 10.4 Å². The van der Waals surface area contributed by atoms with Gasteiger partial charge in [0, 0.05) is 43.5 Å². The molecule has 1 aromatic rings. The van der Waals surface area contributed by atoms with Crippen molar-refractivity contribution in [1.82, 2.24) is 15.6 Å². The summed E-state index contributed by atoms with van der Waals surface area (Å²) in [5.41, 5.74) is 1.17. The fourth-order valence-electron chi connectivity index (χ4n) is 2.41. The highest BCUT2D eigenvalue weighted by atomic mass is 32.1. The van der Waals surface area contributed by atoms with Crippen molar-refractivity contribution in [2.75, 3.05) is 31.1 Å². The number of thiazole rings is 1. The van der Waals surface area contributed by atoms with Gasteiger partial charge in [0.25, 0.3) is 0 Å². The van der Waals surface area contributed by atoms with Crippen LogP contribution in [0.2, 0.25) is 0 Å². The molecule has 2 N–H and O–H groups in total. The van der Waals surface area contributed by atoms with Crippen molar-refractivity contribution in [3.8, 4) is 0 Å². The van der Waals surface area contributed by atoms with Crippen LogP contribution in [-0.2, 0) is 6.42 Å². The summed E-state index contributed by atoms with van der Waals surface area (Å²) in [6.07, 6.45) is 3.48. The second kappa shape index (κ2) is 7.81. The summed E-state index contributed by atoms with van der Waals surface area (Å²) in [6.45, 7) is 12.5. The molecule has 1 aliphatic heterocycles. The molecule has 5 nitrogen and oxygen atoms in total. The van der Waals surface area contributed by atoms with Gasteiger partial charge in [0.2, 0.25) is 0 Å². The molecular formula is C16H29N5S. The van der Waals surface area contributed by atoms with Crippen molar-refractivity contribution in [1.29, 1.82) is 0 Å². The van der Waals surface area contributed by atoms with E-state index in [9.17, 15) is 0 Å². The van der Waals surface area contributed by atoms with Crippen molar-refractivity contribution >= 4 is 22.4 Å². The zero-order valence-electron chi connectivity index (χ0n) is 14.3. The van der Waals surface area contributed by atoms with E-state index in [-0.39, 0.29) is 5.54 Å². The molecule has 0 aliphatic carbocycles. The predicted octanol–water partition coefficient (Wildman–Crippen LogP) is 2.64. The third-order valence-corrected chi connectivity index (χ3v) is 4.34. The smallest absolute Gasteiger partial charge is 0.191 e. The van der Waals surface area contributed by atoms with E-state index in [1.165, 1.54) is 18.0 Å². The molecule has 0 radical (unpaired) electrons. The Balaban J connectivity index is 1.86. The zero-order chi connectivity index (χ0) is 16.0.